The number of carbonyl (C=O) groups excluding carboxylic acids is 1. The fourth-order valence-corrected chi connectivity index (χ4v) is 2.89. The number of rotatable bonds is 4. The Labute approximate surface area is 131 Å². The first-order chi connectivity index (χ1) is 9.88. The average Bonchev–Trinajstić information content (AvgIpc) is 2.42. The maximum Gasteiger partial charge on any atom is 0.225 e. The number of benzene rings is 1. The minimum atomic E-state index is -0.00391. The first-order valence-corrected chi connectivity index (χ1v) is 7.78. The number of piperidine rings is 1. The first-order valence-electron chi connectivity index (χ1n) is 7.41. The number of nitrogens with two attached hydrogens (primary N) is 1. The molecular weight excluding hydrogens is 286 g/mol. The van der Waals surface area contributed by atoms with E-state index in [0.717, 1.165) is 26.1 Å². The summed E-state index contributed by atoms with van der Waals surface area (Å²) in [6.07, 6.45) is 1.45. The second-order valence-electron chi connectivity index (χ2n) is 6.44. The van der Waals surface area contributed by atoms with Gasteiger partial charge in [-0.1, -0.05) is 37.6 Å². The van der Waals surface area contributed by atoms with Crippen molar-refractivity contribution < 1.29 is 4.79 Å². The second-order valence-corrected chi connectivity index (χ2v) is 6.85. The van der Waals surface area contributed by atoms with Crippen LogP contribution < -0.4 is 11.1 Å². The van der Waals surface area contributed by atoms with Gasteiger partial charge in [0.2, 0.25) is 5.91 Å². The Morgan fingerprint density at radius 3 is 2.86 bits per heavy atom. The van der Waals surface area contributed by atoms with Crippen molar-refractivity contribution in [3.8, 4) is 0 Å². The van der Waals surface area contributed by atoms with Crippen molar-refractivity contribution in [2.24, 2.45) is 11.1 Å². The summed E-state index contributed by atoms with van der Waals surface area (Å²) in [6.45, 7) is 7.03. The maximum atomic E-state index is 12.0. The number of nitrogens with zero attached hydrogens (tertiary/aromatic N) is 1. The van der Waals surface area contributed by atoms with Crippen LogP contribution >= 0.6 is 11.6 Å². The van der Waals surface area contributed by atoms with Crippen molar-refractivity contribution in [3.05, 3.63) is 29.3 Å². The summed E-state index contributed by atoms with van der Waals surface area (Å²) in [5, 5.41) is 3.42. The van der Waals surface area contributed by atoms with Crippen molar-refractivity contribution in [1.82, 2.24) is 4.90 Å². The van der Waals surface area contributed by atoms with Gasteiger partial charge in [-0.2, -0.15) is 0 Å². The normalized spacial score (nSPS) is 22.0. The van der Waals surface area contributed by atoms with Gasteiger partial charge >= 0.3 is 0 Å². The molecule has 21 heavy (non-hydrogen) atoms. The summed E-state index contributed by atoms with van der Waals surface area (Å²) in [5.74, 6) is -0.00391. The predicted octanol–water partition coefficient (Wildman–Crippen LogP) is 2.73. The van der Waals surface area contributed by atoms with E-state index in [1.807, 2.05) is 18.2 Å². The average molecular weight is 310 g/mol. The molecular formula is C16H24ClN3O. The Kier molecular flexibility index (Phi) is 5.25. The highest BCUT2D eigenvalue weighted by atomic mass is 35.5. The third-order valence-corrected chi connectivity index (χ3v) is 4.52. The number of nitrogens with one attached hydrogen (secondary N) is 1. The zero-order valence-corrected chi connectivity index (χ0v) is 13.5. The molecule has 1 heterocycles. The number of likely N-dealkylation sites (tertiary alicyclic amines) is 1. The lowest BCUT2D eigenvalue weighted by Crippen LogP contribution is -2.52. The van der Waals surface area contributed by atoms with Gasteiger partial charge in [-0.3, -0.25) is 4.79 Å². The van der Waals surface area contributed by atoms with Gasteiger partial charge in [0.15, 0.2) is 0 Å². The molecule has 1 saturated heterocycles. The molecule has 0 aliphatic carbocycles. The Morgan fingerprint density at radius 1 is 1.48 bits per heavy atom. The SMILES string of the molecule is CC1(C)CN(CCC(=O)Nc2ccccc2Cl)CCC1N. The molecule has 0 saturated carbocycles. The molecule has 1 amide bonds. The molecule has 116 valence electrons. The van der Waals surface area contributed by atoms with Crippen LogP contribution in [0.5, 0.6) is 0 Å². The summed E-state index contributed by atoms with van der Waals surface area (Å²) in [5.41, 5.74) is 6.91. The van der Waals surface area contributed by atoms with Crippen LogP contribution in [0.25, 0.3) is 0 Å². The van der Waals surface area contributed by atoms with Crippen LogP contribution in [-0.2, 0) is 4.79 Å². The Morgan fingerprint density at radius 2 is 2.19 bits per heavy atom. The van der Waals surface area contributed by atoms with Crippen molar-refractivity contribution in [1.29, 1.82) is 0 Å². The smallest absolute Gasteiger partial charge is 0.225 e. The molecule has 1 unspecified atom stereocenters. The first kappa shape index (κ1) is 16.3. The molecule has 5 heteroatoms. The summed E-state index contributed by atoms with van der Waals surface area (Å²) in [6, 6.07) is 7.52. The molecule has 1 atom stereocenters. The zero-order chi connectivity index (χ0) is 15.5. The molecule has 3 N–H and O–H groups in total. The third kappa shape index (κ3) is 4.43. The number of para-hydroxylation sites is 1. The molecule has 1 aliphatic rings. The lowest BCUT2D eigenvalue weighted by molar-refractivity contribution is -0.116. The quantitative estimate of drug-likeness (QED) is 0.899. The fraction of sp³-hybridized carbons (Fsp3) is 0.562. The van der Waals surface area contributed by atoms with E-state index in [1.54, 1.807) is 6.07 Å². The number of anilines is 1. The fourth-order valence-electron chi connectivity index (χ4n) is 2.71. The molecule has 1 aromatic rings. The highest BCUT2D eigenvalue weighted by Gasteiger charge is 2.33. The number of carbonyl (C=O) groups is 1. The highest BCUT2D eigenvalue weighted by Crippen LogP contribution is 2.27. The number of amides is 1. The number of halogens is 1. The van der Waals surface area contributed by atoms with Crippen LogP contribution in [0, 0.1) is 5.41 Å². The van der Waals surface area contributed by atoms with Crippen molar-refractivity contribution in [3.63, 3.8) is 0 Å². The van der Waals surface area contributed by atoms with Crippen LogP contribution in [0.3, 0.4) is 0 Å². The molecule has 0 aromatic heterocycles. The van der Waals surface area contributed by atoms with E-state index in [2.05, 4.69) is 24.1 Å². The summed E-state index contributed by atoms with van der Waals surface area (Å²) in [7, 11) is 0. The zero-order valence-electron chi connectivity index (χ0n) is 12.7. The van der Waals surface area contributed by atoms with Crippen molar-refractivity contribution in [2.45, 2.75) is 32.7 Å². The lowest BCUT2D eigenvalue weighted by Gasteiger charge is -2.42. The van der Waals surface area contributed by atoms with Crippen LogP contribution in [-0.4, -0.2) is 36.5 Å². The van der Waals surface area contributed by atoms with E-state index in [1.165, 1.54) is 0 Å². The van der Waals surface area contributed by atoms with Gasteiger partial charge in [-0.05, 0) is 30.5 Å². The van der Waals surface area contributed by atoms with Gasteiger partial charge in [-0.25, -0.2) is 0 Å². The minimum absolute atomic E-state index is 0.00391. The third-order valence-electron chi connectivity index (χ3n) is 4.19. The van der Waals surface area contributed by atoms with E-state index in [9.17, 15) is 4.79 Å². The summed E-state index contributed by atoms with van der Waals surface area (Å²) < 4.78 is 0. The van der Waals surface area contributed by atoms with Crippen LogP contribution in [0.1, 0.15) is 26.7 Å². The molecule has 2 rings (SSSR count). The van der Waals surface area contributed by atoms with Gasteiger partial charge in [0.05, 0.1) is 10.7 Å². The maximum absolute atomic E-state index is 12.0. The summed E-state index contributed by atoms with van der Waals surface area (Å²) >= 11 is 6.03. The standard InChI is InChI=1S/C16H24ClN3O/c1-16(2)11-20(9-7-14(16)18)10-8-15(21)19-13-6-4-3-5-12(13)17/h3-6,14H,7-11,18H2,1-2H3,(H,19,21). The highest BCUT2D eigenvalue weighted by molar-refractivity contribution is 6.33. The number of hydrogen-bond donors (Lipinski definition) is 2. The van der Waals surface area contributed by atoms with Gasteiger partial charge in [0, 0.05) is 25.6 Å². The van der Waals surface area contributed by atoms with E-state index in [4.69, 9.17) is 17.3 Å². The van der Waals surface area contributed by atoms with Crippen LogP contribution in [0.4, 0.5) is 5.69 Å². The van der Waals surface area contributed by atoms with Gasteiger partial charge in [-0.15, -0.1) is 0 Å². The molecule has 1 fully saturated rings. The lowest BCUT2D eigenvalue weighted by atomic mass is 9.80. The van der Waals surface area contributed by atoms with Gasteiger partial charge in [0.25, 0.3) is 0 Å². The molecule has 1 aliphatic heterocycles. The Bertz CT molecular complexity index is 504. The number of hydrogen-bond acceptors (Lipinski definition) is 3. The molecule has 0 radical (unpaired) electrons. The topological polar surface area (TPSA) is 58.4 Å². The molecule has 0 bridgehead atoms. The molecule has 4 nitrogen and oxygen atoms in total. The van der Waals surface area contributed by atoms with Crippen LogP contribution in [0.2, 0.25) is 5.02 Å². The van der Waals surface area contributed by atoms with Gasteiger partial charge < -0.3 is 16.0 Å². The minimum Gasteiger partial charge on any atom is -0.327 e. The van der Waals surface area contributed by atoms with E-state index in [0.29, 0.717) is 17.1 Å². The Balaban J connectivity index is 1.81. The monoisotopic (exact) mass is 309 g/mol. The van der Waals surface area contributed by atoms with Crippen molar-refractivity contribution >= 4 is 23.2 Å². The van der Waals surface area contributed by atoms with E-state index in [-0.39, 0.29) is 17.4 Å². The second kappa shape index (κ2) is 6.77. The van der Waals surface area contributed by atoms with Crippen molar-refractivity contribution in [2.75, 3.05) is 25.0 Å². The molecule has 0 spiro atoms. The van der Waals surface area contributed by atoms with E-state index >= 15 is 0 Å². The van der Waals surface area contributed by atoms with E-state index < -0.39 is 0 Å². The van der Waals surface area contributed by atoms with Gasteiger partial charge in [0.1, 0.15) is 0 Å². The Hall–Kier alpha value is -1.10. The van der Waals surface area contributed by atoms with Crippen LogP contribution in [0.15, 0.2) is 24.3 Å². The summed E-state index contributed by atoms with van der Waals surface area (Å²) in [4.78, 5) is 14.3. The largest absolute Gasteiger partial charge is 0.327 e. The predicted molar refractivity (Wildman–Crippen MR) is 87.5 cm³/mol. The molecule has 1 aromatic carbocycles.